The van der Waals surface area contributed by atoms with Crippen molar-refractivity contribution in [2.45, 2.75) is 50.3 Å². The van der Waals surface area contributed by atoms with Crippen LogP contribution in [0.15, 0.2) is 0 Å². The third-order valence-corrected chi connectivity index (χ3v) is 2.83. The van der Waals surface area contributed by atoms with E-state index in [1.165, 1.54) is 0 Å². The average Bonchev–Trinajstić information content (AvgIpc) is 2.66. The van der Waals surface area contributed by atoms with Crippen LogP contribution in [-0.4, -0.2) is 47.6 Å². The maximum absolute atomic E-state index is 11.1. The molecule has 0 aliphatic carbocycles. The zero-order valence-electron chi connectivity index (χ0n) is 8.38. The summed E-state index contributed by atoms with van der Waals surface area (Å²) in [5.74, 6) is -1.39. The fourth-order valence-electron chi connectivity index (χ4n) is 2.23. The minimum atomic E-state index is -1.23. The van der Waals surface area contributed by atoms with E-state index >= 15 is 0 Å². The first-order chi connectivity index (χ1) is 6.98. The molecule has 0 spiro atoms. The third kappa shape index (κ3) is 1.22. The molecule has 3 aliphatic heterocycles. The Kier molecular flexibility index (Phi) is 1.72. The second kappa shape index (κ2) is 2.70. The van der Waals surface area contributed by atoms with Crippen LogP contribution in [0.3, 0.4) is 0 Å². The first kappa shape index (κ1) is 9.53. The number of rotatable bonds is 0. The van der Waals surface area contributed by atoms with Crippen molar-refractivity contribution in [2.24, 2.45) is 0 Å². The zero-order valence-corrected chi connectivity index (χ0v) is 8.38. The van der Waals surface area contributed by atoms with Gasteiger partial charge in [0.1, 0.15) is 6.10 Å². The summed E-state index contributed by atoms with van der Waals surface area (Å²) in [7, 11) is 0. The molecule has 3 rings (SSSR count). The molecule has 0 unspecified atom stereocenters. The Morgan fingerprint density at radius 2 is 1.93 bits per heavy atom. The largest absolute Gasteiger partial charge is 0.454 e. The highest BCUT2D eigenvalue weighted by atomic mass is 16.8. The predicted octanol–water partition coefficient (Wildman–Crippen LogP) is -0.851. The van der Waals surface area contributed by atoms with Gasteiger partial charge >= 0.3 is 5.97 Å². The molecule has 6 heteroatoms. The van der Waals surface area contributed by atoms with Gasteiger partial charge < -0.3 is 24.1 Å². The maximum Gasteiger partial charge on any atom is 0.338 e. The third-order valence-electron chi connectivity index (χ3n) is 2.83. The molecule has 0 bridgehead atoms. The van der Waals surface area contributed by atoms with Crippen molar-refractivity contribution in [3.8, 4) is 0 Å². The average molecular weight is 216 g/mol. The lowest BCUT2D eigenvalue weighted by molar-refractivity contribution is -0.214. The van der Waals surface area contributed by atoms with Crippen LogP contribution in [0.2, 0.25) is 0 Å². The van der Waals surface area contributed by atoms with Crippen LogP contribution in [0.25, 0.3) is 0 Å². The number of aliphatic hydroxyl groups excluding tert-OH is 1. The van der Waals surface area contributed by atoms with E-state index < -0.39 is 42.5 Å². The monoisotopic (exact) mass is 216 g/mol. The summed E-state index contributed by atoms with van der Waals surface area (Å²) in [6, 6.07) is 0. The Labute approximate surface area is 86.1 Å². The number of carbonyl (C=O) groups excluding carboxylic acids is 1. The Morgan fingerprint density at radius 3 is 2.67 bits per heavy atom. The maximum atomic E-state index is 11.1. The second-order valence-electron chi connectivity index (χ2n) is 4.42. The van der Waals surface area contributed by atoms with Gasteiger partial charge in [-0.25, -0.2) is 4.79 Å². The first-order valence-electron chi connectivity index (χ1n) is 4.88. The van der Waals surface area contributed by atoms with Crippen LogP contribution in [0.4, 0.5) is 0 Å². The van der Waals surface area contributed by atoms with E-state index in [9.17, 15) is 9.90 Å². The predicted molar refractivity (Wildman–Crippen MR) is 44.6 cm³/mol. The van der Waals surface area contributed by atoms with Gasteiger partial charge in [0.05, 0.1) is 0 Å². The van der Waals surface area contributed by atoms with Crippen molar-refractivity contribution in [2.75, 3.05) is 0 Å². The van der Waals surface area contributed by atoms with Gasteiger partial charge in [-0.3, -0.25) is 0 Å². The number of hydrogen-bond donors (Lipinski definition) is 1. The molecule has 5 atom stereocenters. The van der Waals surface area contributed by atoms with Crippen molar-refractivity contribution < 1.29 is 28.8 Å². The van der Waals surface area contributed by atoms with Gasteiger partial charge in [-0.15, -0.1) is 0 Å². The van der Waals surface area contributed by atoms with E-state index in [-0.39, 0.29) is 0 Å². The minimum Gasteiger partial charge on any atom is -0.454 e. The lowest BCUT2D eigenvalue weighted by atomic mass is 10.1. The number of aliphatic hydroxyl groups is 1. The van der Waals surface area contributed by atoms with Crippen molar-refractivity contribution in [1.82, 2.24) is 0 Å². The Hall–Kier alpha value is -0.690. The summed E-state index contributed by atoms with van der Waals surface area (Å²) in [6.45, 7) is 3.52. The molecular weight excluding hydrogens is 204 g/mol. The van der Waals surface area contributed by atoms with Crippen LogP contribution in [-0.2, 0) is 23.7 Å². The lowest BCUT2D eigenvalue weighted by Crippen LogP contribution is -2.35. The molecule has 3 heterocycles. The lowest BCUT2D eigenvalue weighted by Gasteiger charge is -2.20. The number of ether oxygens (including phenoxy) is 4. The topological polar surface area (TPSA) is 74.2 Å². The number of esters is 1. The summed E-state index contributed by atoms with van der Waals surface area (Å²) >= 11 is 0. The quantitative estimate of drug-likeness (QED) is 0.532. The highest BCUT2D eigenvalue weighted by Crippen LogP contribution is 2.42. The second-order valence-corrected chi connectivity index (χ2v) is 4.42. The van der Waals surface area contributed by atoms with Gasteiger partial charge in [-0.2, -0.15) is 0 Å². The van der Waals surface area contributed by atoms with Crippen LogP contribution in [0.5, 0.6) is 0 Å². The zero-order chi connectivity index (χ0) is 10.8. The molecule has 0 aromatic rings. The van der Waals surface area contributed by atoms with Gasteiger partial charge in [0.2, 0.25) is 0 Å². The number of fused-ring (bicyclic) bond motifs is 3. The molecule has 15 heavy (non-hydrogen) atoms. The van der Waals surface area contributed by atoms with E-state index in [0.717, 1.165) is 0 Å². The summed E-state index contributed by atoms with van der Waals surface area (Å²) in [4.78, 5) is 11.1. The molecular formula is C9H12O6. The van der Waals surface area contributed by atoms with E-state index in [0.29, 0.717) is 0 Å². The van der Waals surface area contributed by atoms with E-state index in [4.69, 9.17) is 18.9 Å². The fourth-order valence-corrected chi connectivity index (χ4v) is 2.23. The first-order valence-corrected chi connectivity index (χ1v) is 4.88. The van der Waals surface area contributed by atoms with Crippen LogP contribution < -0.4 is 0 Å². The van der Waals surface area contributed by atoms with Gasteiger partial charge in [-0.05, 0) is 13.8 Å². The number of carbonyl (C=O) groups is 1. The van der Waals surface area contributed by atoms with Crippen molar-refractivity contribution in [1.29, 1.82) is 0 Å². The molecule has 3 aliphatic rings. The minimum absolute atomic E-state index is 0.439. The molecule has 84 valence electrons. The molecule has 6 nitrogen and oxygen atoms in total. The highest BCUT2D eigenvalue weighted by molar-refractivity contribution is 5.78. The molecule has 0 aromatic carbocycles. The normalized spacial score (nSPS) is 51.4. The van der Waals surface area contributed by atoms with Crippen molar-refractivity contribution in [3.63, 3.8) is 0 Å². The highest BCUT2D eigenvalue weighted by Gasteiger charge is 2.62. The molecule has 3 saturated heterocycles. The molecule has 0 aromatic heterocycles. The summed E-state index contributed by atoms with van der Waals surface area (Å²) < 4.78 is 21.4. The molecule has 1 N–H and O–H groups in total. The standard InChI is InChI=1S/C9H12O6/c1-9(2)14-6-5-4(13-8(6)15-9)3(10)7(11)12-5/h3-6,8,10H,1-2H3/t3-,4+,5-,6+,8+/m1/s1. The summed E-state index contributed by atoms with van der Waals surface area (Å²) in [5, 5.41) is 9.44. The summed E-state index contributed by atoms with van der Waals surface area (Å²) in [6.07, 6.45) is -3.44. The number of hydrogen-bond acceptors (Lipinski definition) is 6. The van der Waals surface area contributed by atoms with Crippen molar-refractivity contribution >= 4 is 5.97 Å². The van der Waals surface area contributed by atoms with E-state index in [2.05, 4.69) is 0 Å². The van der Waals surface area contributed by atoms with Gasteiger partial charge in [-0.1, -0.05) is 0 Å². The van der Waals surface area contributed by atoms with Gasteiger partial charge in [0.25, 0.3) is 0 Å². The SMILES string of the molecule is CC1(C)O[C@@H]2O[C@@H]3[C@@H](OC(=O)[C@@H]3O)[C@@H]2O1. The van der Waals surface area contributed by atoms with Gasteiger partial charge in [0.15, 0.2) is 30.4 Å². The van der Waals surface area contributed by atoms with Crippen LogP contribution in [0, 0.1) is 0 Å². The Morgan fingerprint density at radius 1 is 1.20 bits per heavy atom. The van der Waals surface area contributed by atoms with E-state index in [1.54, 1.807) is 13.8 Å². The van der Waals surface area contributed by atoms with Crippen LogP contribution >= 0.6 is 0 Å². The Balaban J connectivity index is 1.83. The molecule has 3 fully saturated rings. The fraction of sp³-hybridized carbons (Fsp3) is 0.889. The molecule has 0 radical (unpaired) electrons. The van der Waals surface area contributed by atoms with E-state index in [1.807, 2.05) is 0 Å². The Bertz CT molecular complexity index is 314. The smallest absolute Gasteiger partial charge is 0.338 e. The van der Waals surface area contributed by atoms with Crippen molar-refractivity contribution in [3.05, 3.63) is 0 Å². The van der Waals surface area contributed by atoms with Crippen LogP contribution in [0.1, 0.15) is 13.8 Å². The van der Waals surface area contributed by atoms with Gasteiger partial charge in [0, 0.05) is 0 Å². The summed E-state index contributed by atoms with van der Waals surface area (Å²) in [5.41, 5.74) is 0. The molecule has 0 saturated carbocycles. The molecule has 0 amide bonds.